The van der Waals surface area contributed by atoms with Crippen LogP contribution in [0.4, 0.5) is 8.78 Å². The minimum absolute atomic E-state index is 0.156. The average Bonchev–Trinajstić information content (AvgIpc) is 2.63. The SMILES string of the molecule is Oc1cc2oc3c(F)c(O)ccc3c2cc1F. The zero-order chi connectivity index (χ0) is 12.2. The van der Waals surface area contributed by atoms with E-state index in [0.717, 1.165) is 18.2 Å². The first-order chi connectivity index (χ1) is 8.08. The second kappa shape index (κ2) is 3.10. The van der Waals surface area contributed by atoms with E-state index in [4.69, 9.17) is 4.42 Å². The zero-order valence-corrected chi connectivity index (χ0v) is 8.37. The van der Waals surface area contributed by atoms with E-state index >= 15 is 0 Å². The fourth-order valence-corrected chi connectivity index (χ4v) is 1.81. The minimum Gasteiger partial charge on any atom is -0.505 e. The summed E-state index contributed by atoms with van der Waals surface area (Å²) in [5, 5.41) is 19.1. The smallest absolute Gasteiger partial charge is 0.207 e. The summed E-state index contributed by atoms with van der Waals surface area (Å²) in [5.41, 5.74) is -0.00611. The third-order valence-electron chi connectivity index (χ3n) is 2.63. The molecular weight excluding hydrogens is 230 g/mol. The van der Waals surface area contributed by atoms with Gasteiger partial charge in [0, 0.05) is 16.8 Å². The molecule has 0 saturated carbocycles. The standard InChI is InChI=1S/C12H6F2O3/c13-7-3-6-5-1-2-8(15)11(14)12(5)17-10(6)4-9(7)16/h1-4,15-16H. The Morgan fingerprint density at radius 1 is 0.941 bits per heavy atom. The summed E-state index contributed by atoms with van der Waals surface area (Å²) in [6, 6.07) is 4.72. The van der Waals surface area contributed by atoms with E-state index in [0.29, 0.717) is 10.8 Å². The molecule has 5 heteroatoms. The van der Waals surface area contributed by atoms with Gasteiger partial charge in [-0.05, 0) is 18.2 Å². The number of hydrogen-bond donors (Lipinski definition) is 2. The van der Waals surface area contributed by atoms with Crippen LogP contribution >= 0.6 is 0 Å². The normalized spacial score (nSPS) is 11.4. The summed E-state index contributed by atoms with van der Waals surface area (Å²) in [6.45, 7) is 0. The van der Waals surface area contributed by atoms with Crippen molar-refractivity contribution in [1.29, 1.82) is 0 Å². The number of furan rings is 1. The maximum absolute atomic E-state index is 13.5. The van der Waals surface area contributed by atoms with Crippen molar-refractivity contribution in [3.8, 4) is 11.5 Å². The Morgan fingerprint density at radius 3 is 2.47 bits per heavy atom. The Bertz CT molecular complexity index is 746. The van der Waals surface area contributed by atoms with E-state index in [1.165, 1.54) is 6.07 Å². The van der Waals surface area contributed by atoms with Gasteiger partial charge in [-0.2, -0.15) is 4.39 Å². The molecule has 1 heterocycles. The van der Waals surface area contributed by atoms with Gasteiger partial charge in [0.15, 0.2) is 22.9 Å². The lowest BCUT2D eigenvalue weighted by Gasteiger charge is -1.94. The van der Waals surface area contributed by atoms with Gasteiger partial charge < -0.3 is 14.6 Å². The highest BCUT2D eigenvalue weighted by molar-refractivity contribution is 6.05. The number of aromatic hydroxyl groups is 2. The molecular formula is C12H6F2O3. The molecule has 0 unspecified atom stereocenters. The van der Waals surface area contributed by atoms with Crippen LogP contribution in [-0.4, -0.2) is 10.2 Å². The molecule has 0 fully saturated rings. The fourth-order valence-electron chi connectivity index (χ4n) is 1.81. The molecule has 3 rings (SSSR count). The zero-order valence-electron chi connectivity index (χ0n) is 8.37. The van der Waals surface area contributed by atoms with E-state index in [1.807, 2.05) is 0 Å². The summed E-state index contributed by atoms with van der Waals surface area (Å²) >= 11 is 0. The average molecular weight is 236 g/mol. The molecule has 0 aliphatic carbocycles. The fraction of sp³-hybridized carbons (Fsp3) is 0. The van der Waals surface area contributed by atoms with Gasteiger partial charge in [0.05, 0.1) is 0 Å². The first-order valence-electron chi connectivity index (χ1n) is 4.80. The van der Waals surface area contributed by atoms with Gasteiger partial charge in [0.1, 0.15) is 5.58 Å². The molecule has 0 bridgehead atoms. The summed E-state index contributed by atoms with van der Waals surface area (Å²) in [7, 11) is 0. The Hall–Kier alpha value is -2.30. The minimum atomic E-state index is -0.904. The molecule has 0 spiro atoms. The van der Waals surface area contributed by atoms with Crippen molar-refractivity contribution in [3.05, 3.63) is 35.9 Å². The topological polar surface area (TPSA) is 53.6 Å². The Labute approximate surface area is 93.5 Å². The molecule has 2 N–H and O–H groups in total. The van der Waals surface area contributed by atoms with Crippen LogP contribution < -0.4 is 0 Å². The van der Waals surface area contributed by atoms with Crippen LogP contribution in [0, 0.1) is 11.6 Å². The quantitative estimate of drug-likeness (QED) is 0.629. The van der Waals surface area contributed by atoms with Crippen LogP contribution in [-0.2, 0) is 0 Å². The summed E-state index contributed by atoms with van der Waals surface area (Å²) in [5.74, 6) is -2.82. The van der Waals surface area contributed by atoms with Crippen molar-refractivity contribution in [2.24, 2.45) is 0 Å². The Kier molecular flexibility index (Phi) is 1.80. The maximum atomic E-state index is 13.5. The maximum Gasteiger partial charge on any atom is 0.207 e. The monoisotopic (exact) mass is 236 g/mol. The highest BCUT2D eigenvalue weighted by atomic mass is 19.1. The Balaban J connectivity index is 2.54. The van der Waals surface area contributed by atoms with Crippen molar-refractivity contribution < 1.29 is 23.4 Å². The van der Waals surface area contributed by atoms with Gasteiger partial charge >= 0.3 is 0 Å². The van der Waals surface area contributed by atoms with Crippen LogP contribution in [0.5, 0.6) is 11.5 Å². The largest absolute Gasteiger partial charge is 0.505 e. The van der Waals surface area contributed by atoms with Gasteiger partial charge in [0.2, 0.25) is 5.82 Å². The first kappa shape index (κ1) is 9.89. The summed E-state index contributed by atoms with van der Waals surface area (Å²) in [6.07, 6.45) is 0. The van der Waals surface area contributed by atoms with E-state index in [1.54, 1.807) is 0 Å². The van der Waals surface area contributed by atoms with Crippen molar-refractivity contribution in [2.75, 3.05) is 0 Å². The molecule has 17 heavy (non-hydrogen) atoms. The molecule has 0 radical (unpaired) electrons. The lowest BCUT2D eigenvalue weighted by molar-refractivity contribution is 0.429. The molecule has 0 aliphatic rings. The molecule has 0 saturated heterocycles. The van der Waals surface area contributed by atoms with Gasteiger partial charge in [0.25, 0.3) is 0 Å². The third kappa shape index (κ3) is 1.25. The molecule has 0 aliphatic heterocycles. The molecule has 1 aromatic heterocycles. The van der Waals surface area contributed by atoms with Crippen LogP contribution in [0.2, 0.25) is 0 Å². The number of fused-ring (bicyclic) bond motifs is 3. The molecule has 2 aromatic carbocycles. The van der Waals surface area contributed by atoms with Crippen LogP contribution in [0.15, 0.2) is 28.7 Å². The van der Waals surface area contributed by atoms with Crippen molar-refractivity contribution in [1.82, 2.24) is 0 Å². The van der Waals surface area contributed by atoms with Crippen LogP contribution in [0.25, 0.3) is 21.9 Å². The molecule has 3 nitrogen and oxygen atoms in total. The lowest BCUT2D eigenvalue weighted by atomic mass is 10.1. The van der Waals surface area contributed by atoms with E-state index in [-0.39, 0.29) is 11.2 Å². The molecule has 3 aromatic rings. The lowest BCUT2D eigenvalue weighted by Crippen LogP contribution is -1.77. The summed E-state index contributed by atoms with van der Waals surface area (Å²) in [4.78, 5) is 0. The first-order valence-corrected chi connectivity index (χ1v) is 4.80. The Morgan fingerprint density at radius 2 is 1.71 bits per heavy atom. The van der Waals surface area contributed by atoms with Gasteiger partial charge in [-0.25, -0.2) is 4.39 Å². The second-order valence-corrected chi connectivity index (χ2v) is 3.68. The van der Waals surface area contributed by atoms with Crippen molar-refractivity contribution in [2.45, 2.75) is 0 Å². The number of rotatable bonds is 0. The van der Waals surface area contributed by atoms with Crippen molar-refractivity contribution >= 4 is 21.9 Å². The van der Waals surface area contributed by atoms with Crippen LogP contribution in [0.3, 0.4) is 0 Å². The van der Waals surface area contributed by atoms with E-state index < -0.39 is 23.1 Å². The molecule has 86 valence electrons. The number of phenolic OH excluding ortho intramolecular Hbond substituents is 2. The highest BCUT2D eigenvalue weighted by Crippen LogP contribution is 2.36. The number of hydrogen-bond acceptors (Lipinski definition) is 3. The summed E-state index contributed by atoms with van der Waals surface area (Å²) < 4.78 is 31.9. The molecule has 0 amide bonds. The van der Waals surface area contributed by atoms with Gasteiger partial charge in [-0.15, -0.1) is 0 Å². The predicted octanol–water partition coefficient (Wildman–Crippen LogP) is 3.28. The van der Waals surface area contributed by atoms with Crippen LogP contribution in [0.1, 0.15) is 0 Å². The van der Waals surface area contributed by atoms with Gasteiger partial charge in [-0.1, -0.05) is 0 Å². The van der Waals surface area contributed by atoms with E-state index in [2.05, 4.69) is 0 Å². The molecule has 0 atom stereocenters. The number of halogens is 2. The predicted molar refractivity (Wildman–Crippen MR) is 57.0 cm³/mol. The number of benzene rings is 2. The van der Waals surface area contributed by atoms with Gasteiger partial charge in [-0.3, -0.25) is 0 Å². The van der Waals surface area contributed by atoms with Crippen molar-refractivity contribution in [3.63, 3.8) is 0 Å². The second-order valence-electron chi connectivity index (χ2n) is 3.68. The number of phenols is 2. The van der Waals surface area contributed by atoms with E-state index in [9.17, 15) is 19.0 Å². The highest BCUT2D eigenvalue weighted by Gasteiger charge is 2.16. The third-order valence-corrected chi connectivity index (χ3v) is 2.63.